The van der Waals surface area contributed by atoms with Gasteiger partial charge in [-0.05, 0) is 52.2 Å². The molecule has 0 aromatic carbocycles. The molecule has 1 aliphatic heterocycles. The van der Waals surface area contributed by atoms with Crippen LogP contribution >= 0.6 is 0 Å². The van der Waals surface area contributed by atoms with E-state index in [-0.39, 0.29) is 5.91 Å². The molecule has 1 amide bonds. The van der Waals surface area contributed by atoms with E-state index < -0.39 is 0 Å². The van der Waals surface area contributed by atoms with Crippen molar-refractivity contribution in [2.24, 2.45) is 5.73 Å². The Bertz CT molecular complexity index is 227. The quantitative estimate of drug-likeness (QED) is 0.614. The SMILES string of the molecule is CC(CNC(=O)CCCCCCN)N1CCCC1. The number of amides is 1. The molecule has 106 valence electrons. The Morgan fingerprint density at radius 3 is 2.56 bits per heavy atom. The van der Waals surface area contributed by atoms with Crippen molar-refractivity contribution in [3.05, 3.63) is 0 Å². The van der Waals surface area contributed by atoms with Crippen LogP contribution < -0.4 is 11.1 Å². The molecule has 0 aromatic rings. The predicted molar refractivity (Wildman–Crippen MR) is 75.4 cm³/mol. The van der Waals surface area contributed by atoms with Crippen molar-refractivity contribution in [3.8, 4) is 0 Å². The van der Waals surface area contributed by atoms with E-state index in [0.29, 0.717) is 12.5 Å². The fourth-order valence-corrected chi connectivity index (χ4v) is 2.44. The minimum Gasteiger partial charge on any atom is -0.355 e. The molecular formula is C14H29N3O. The number of hydrogen-bond donors (Lipinski definition) is 2. The van der Waals surface area contributed by atoms with Gasteiger partial charge in [0.2, 0.25) is 5.91 Å². The molecule has 0 spiro atoms. The minimum atomic E-state index is 0.203. The zero-order valence-corrected chi connectivity index (χ0v) is 11.8. The van der Waals surface area contributed by atoms with Crippen molar-refractivity contribution in [2.75, 3.05) is 26.2 Å². The van der Waals surface area contributed by atoms with Crippen molar-refractivity contribution < 1.29 is 4.79 Å². The molecule has 1 aliphatic rings. The molecule has 4 nitrogen and oxygen atoms in total. The highest BCUT2D eigenvalue weighted by Crippen LogP contribution is 2.10. The number of hydrogen-bond acceptors (Lipinski definition) is 3. The van der Waals surface area contributed by atoms with Gasteiger partial charge < -0.3 is 11.1 Å². The maximum atomic E-state index is 11.6. The largest absolute Gasteiger partial charge is 0.355 e. The third kappa shape index (κ3) is 6.36. The summed E-state index contributed by atoms with van der Waals surface area (Å²) in [5, 5.41) is 3.04. The van der Waals surface area contributed by atoms with E-state index in [4.69, 9.17) is 5.73 Å². The normalized spacial score (nSPS) is 17.9. The van der Waals surface area contributed by atoms with Gasteiger partial charge >= 0.3 is 0 Å². The van der Waals surface area contributed by atoms with E-state index in [9.17, 15) is 4.79 Å². The lowest BCUT2D eigenvalue weighted by molar-refractivity contribution is -0.121. The number of unbranched alkanes of at least 4 members (excludes halogenated alkanes) is 3. The summed E-state index contributed by atoms with van der Waals surface area (Å²) in [6, 6.07) is 0.480. The molecule has 1 fully saturated rings. The first-order chi connectivity index (χ1) is 8.74. The first kappa shape index (κ1) is 15.4. The topological polar surface area (TPSA) is 58.4 Å². The summed E-state index contributed by atoms with van der Waals surface area (Å²) in [6.07, 6.45) is 7.61. The number of nitrogens with one attached hydrogen (secondary N) is 1. The summed E-state index contributed by atoms with van der Waals surface area (Å²) in [5.74, 6) is 0.203. The molecule has 1 atom stereocenters. The van der Waals surface area contributed by atoms with Crippen LogP contribution in [0, 0.1) is 0 Å². The van der Waals surface area contributed by atoms with Gasteiger partial charge in [0.25, 0.3) is 0 Å². The van der Waals surface area contributed by atoms with Gasteiger partial charge in [-0.25, -0.2) is 0 Å². The molecule has 1 rings (SSSR count). The first-order valence-corrected chi connectivity index (χ1v) is 7.45. The van der Waals surface area contributed by atoms with Crippen LogP contribution in [-0.4, -0.2) is 43.0 Å². The third-order valence-corrected chi connectivity index (χ3v) is 3.72. The van der Waals surface area contributed by atoms with E-state index in [2.05, 4.69) is 17.1 Å². The standard InChI is InChI=1S/C14H29N3O/c1-13(17-10-6-7-11-17)12-16-14(18)8-4-2-3-5-9-15/h13H,2-12,15H2,1H3,(H,16,18). The van der Waals surface area contributed by atoms with Gasteiger partial charge in [0.15, 0.2) is 0 Å². The summed E-state index contributed by atoms with van der Waals surface area (Å²) in [7, 11) is 0. The van der Waals surface area contributed by atoms with Gasteiger partial charge in [0, 0.05) is 19.0 Å². The molecule has 0 aliphatic carbocycles. The van der Waals surface area contributed by atoms with Gasteiger partial charge in [0.1, 0.15) is 0 Å². The van der Waals surface area contributed by atoms with Gasteiger partial charge in [-0.1, -0.05) is 12.8 Å². The number of nitrogens with two attached hydrogens (primary N) is 1. The molecule has 18 heavy (non-hydrogen) atoms. The van der Waals surface area contributed by atoms with E-state index >= 15 is 0 Å². The van der Waals surface area contributed by atoms with E-state index in [1.165, 1.54) is 25.9 Å². The van der Waals surface area contributed by atoms with Crippen molar-refractivity contribution in [1.29, 1.82) is 0 Å². The van der Waals surface area contributed by atoms with Gasteiger partial charge in [-0.2, -0.15) is 0 Å². The lowest BCUT2D eigenvalue weighted by Crippen LogP contribution is -2.40. The molecule has 3 N–H and O–H groups in total. The summed E-state index contributed by atoms with van der Waals surface area (Å²) >= 11 is 0. The van der Waals surface area contributed by atoms with E-state index in [1.807, 2.05) is 0 Å². The molecule has 1 unspecified atom stereocenters. The molecular weight excluding hydrogens is 226 g/mol. The molecule has 0 bridgehead atoms. The van der Waals surface area contributed by atoms with Crippen LogP contribution in [0.3, 0.4) is 0 Å². The number of likely N-dealkylation sites (tertiary alicyclic amines) is 1. The average Bonchev–Trinajstić information content (AvgIpc) is 2.89. The second kappa shape index (κ2) is 9.34. The molecule has 4 heteroatoms. The maximum Gasteiger partial charge on any atom is 0.220 e. The number of carbonyl (C=O) groups is 1. The Kier molecular flexibility index (Phi) is 8.01. The summed E-state index contributed by atoms with van der Waals surface area (Å²) < 4.78 is 0. The second-order valence-corrected chi connectivity index (χ2v) is 5.35. The molecule has 0 saturated carbocycles. The van der Waals surface area contributed by atoms with Crippen LogP contribution in [0.2, 0.25) is 0 Å². The van der Waals surface area contributed by atoms with Crippen LogP contribution in [0.1, 0.15) is 51.9 Å². The van der Waals surface area contributed by atoms with E-state index in [1.54, 1.807) is 0 Å². The fraction of sp³-hybridized carbons (Fsp3) is 0.929. The highest BCUT2D eigenvalue weighted by Gasteiger charge is 2.17. The fourth-order valence-electron chi connectivity index (χ4n) is 2.44. The summed E-state index contributed by atoms with van der Waals surface area (Å²) in [4.78, 5) is 14.1. The summed E-state index contributed by atoms with van der Waals surface area (Å²) in [6.45, 7) is 6.14. The second-order valence-electron chi connectivity index (χ2n) is 5.35. The number of nitrogens with zero attached hydrogens (tertiary/aromatic N) is 1. The van der Waals surface area contributed by atoms with Crippen molar-refractivity contribution in [3.63, 3.8) is 0 Å². The lowest BCUT2D eigenvalue weighted by Gasteiger charge is -2.23. The highest BCUT2D eigenvalue weighted by atomic mass is 16.1. The van der Waals surface area contributed by atoms with Crippen molar-refractivity contribution in [2.45, 2.75) is 57.9 Å². The van der Waals surface area contributed by atoms with Gasteiger partial charge in [-0.3, -0.25) is 9.69 Å². The monoisotopic (exact) mass is 255 g/mol. The van der Waals surface area contributed by atoms with Crippen molar-refractivity contribution in [1.82, 2.24) is 10.2 Å². The molecule has 0 radical (unpaired) electrons. The van der Waals surface area contributed by atoms with Crippen LogP contribution in [0.15, 0.2) is 0 Å². The summed E-state index contributed by atoms with van der Waals surface area (Å²) in [5.41, 5.74) is 5.43. The van der Waals surface area contributed by atoms with Crippen LogP contribution in [-0.2, 0) is 4.79 Å². The molecule has 0 aromatic heterocycles. The van der Waals surface area contributed by atoms with E-state index in [0.717, 1.165) is 38.8 Å². The Balaban J connectivity index is 1.98. The van der Waals surface area contributed by atoms with Crippen LogP contribution in [0.5, 0.6) is 0 Å². The van der Waals surface area contributed by atoms with Gasteiger partial charge in [-0.15, -0.1) is 0 Å². The Morgan fingerprint density at radius 2 is 1.89 bits per heavy atom. The third-order valence-electron chi connectivity index (χ3n) is 3.72. The number of rotatable bonds is 9. The Morgan fingerprint density at radius 1 is 1.22 bits per heavy atom. The first-order valence-electron chi connectivity index (χ1n) is 7.45. The zero-order valence-electron chi connectivity index (χ0n) is 11.8. The van der Waals surface area contributed by atoms with Crippen LogP contribution in [0.25, 0.3) is 0 Å². The predicted octanol–water partition coefficient (Wildman–Crippen LogP) is 1.50. The molecule has 1 saturated heterocycles. The van der Waals surface area contributed by atoms with Gasteiger partial charge in [0.05, 0.1) is 0 Å². The maximum absolute atomic E-state index is 11.6. The lowest BCUT2D eigenvalue weighted by atomic mass is 10.1. The zero-order chi connectivity index (χ0) is 13.2. The Labute approximate surface area is 111 Å². The smallest absolute Gasteiger partial charge is 0.220 e. The van der Waals surface area contributed by atoms with Crippen LogP contribution in [0.4, 0.5) is 0 Å². The highest BCUT2D eigenvalue weighted by molar-refractivity contribution is 5.75. The number of carbonyl (C=O) groups excluding carboxylic acids is 1. The minimum absolute atomic E-state index is 0.203. The Hall–Kier alpha value is -0.610. The molecule has 1 heterocycles. The average molecular weight is 255 g/mol. The van der Waals surface area contributed by atoms with Crippen molar-refractivity contribution >= 4 is 5.91 Å².